The highest BCUT2D eigenvalue weighted by atomic mass is 14.7. The SMILES string of the molecule is CCC1CC1(C)c1ccc(-c2ccccc2)cc1-c1ccc(C)cn1. The van der Waals surface area contributed by atoms with Gasteiger partial charge >= 0.3 is 0 Å². The zero-order valence-corrected chi connectivity index (χ0v) is 15.3. The Labute approximate surface area is 150 Å². The third-order valence-electron chi connectivity index (χ3n) is 5.83. The molecule has 25 heavy (non-hydrogen) atoms. The van der Waals surface area contributed by atoms with Crippen molar-refractivity contribution >= 4 is 0 Å². The first kappa shape index (κ1) is 16.1. The average molecular weight is 327 g/mol. The van der Waals surface area contributed by atoms with Crippen LogP contribution in [0.1, 0.15) is 37.8 Å². The molecular weight excluding hydrogens is 302 g/mol. The molecule has 0 bridgehead atoms. The van der Waals surface area contributed by atoms with E-state index in [1.165, 1.54) is 40.7 Å². The summed E-state index contributed by atoms with van der Waals surface area (Å²) < 4.78 is 0. The van der Waals surface area contributed by atoms with Crippen LogP contribution in [0.5, 0.6) is 0 Å². The fraction of sp³-hybridized carbons (Fsp3) is 0.292. The predicted octanol–water partition coefficient (Wildman–Crippen LogP) is 6.41. The molecule has 126 valence electrons. The summed E-state index contributed by atoms with van der Waals surface area (Å²) >= 11 is 0. The van der Waals surface area contributed by atoms with Crippen LogP contribution in [-0.4, -0.2) is 4.98 Å². The number of pyridine rings is 1. The minimum atomic E-state index is 0.297. The topological polar surface area (TPSA) is 12.9 Å². The third-order valence-corrected chi connectivity index (χ3v) is 5.83. The second kappa shape index (κ2) is 6.15. The summed E-state index contributed by atoms with van der Waals surface area (Å²) in [5, 5.41) is 0. The molecule has 1 saturated carbocycles. The highest BCUT2D eigenvalue weighted by molar-refractivity contribution is 5.75. The molecule has 1 aliphatic rings. The van der Waals surface area contributed by atoms with Gasteiger partial charge in [0.15, 0.2) is 0 Å². The van der Waals surface area contributed by atoms with E-state index in [0.717, 1.165) is 11.6 Å². The summed E-state index contributed by atoms with van der Waals surface area (Å²) in [5.74, 6) is 0.791. The Morgan fingerprint density at radius 2 is 1.80 bits per heavy atom. The van der Waals surface area contributed by atoms with E-state index in [1.807, 2.05) is 6.20 Å². The molecule has 1 heterocycles. The Balaban J connectivity index is 1.86. The first-order valence-corrected chi connectivity index (χ1v) is 9.25. The van der Waals surface area contributed by atoms with Gasteiger partial charge in [0.2, 0.25) is 0 Å². The third kappa shape index (κ3) is 2.89. The van der Waals surface area contributed by atoms with Gasteiger partial charge < -0.3 is 0 Å². The van der Waals surface area contributed by atoms with E-state index < -0.39 is 0 Å². The lowest BCUT2D eigenvalue weighted by atomic mass is 9.86. The van der Waals surface area contributed by atoms with Gasteiger partial charge in [0, 0.05) is 11.8 Å². The van der Waals surface area contributed by atoms with E-state index in [1.54, 1.807) is 0 Å². The van der Waals surface area contributed by atoms with E-state index in [2.05, 4.69) is 81.4 Å². The van der Waals surface area contributed by atoms with Crippen LogP contribution < -0.4 is 0 Å². The molecule has 1 fully saturated rings. The van der Waals surface area contributed by atoms with Crippen molar-refractivity contribution in [3.63, 3.8) is 0 Å². The molecule has 0 radical (unpaired) electrons. The van der Waals surface area contributed by atoms with E-state index in [-0.39, 0.29) is 0 Å². The van der Waals surface area contributed by atoms with Gasteiger partial charge in [-0.05, 0) is 59.1 Å². The van der Waals surface area contributed by atoms with E-state index >= 15 is 0 Å². The molecule has 0 amide bonds. The van der Waals surface area contributed by atoms with E-state index in [0.29, 0.717) is 5.41 Å². The Morgan fingerprint density at radius 3 is 2.44 bits per heavy atom. The monoisotopic (exact) mass is 327 g/mol. The van der Waals surface area contributed by atoms with Crippen molar-refractivity contribution in [3.05, 3.63) is 78.0 Å². The number of rotatable bonds is 4. The van der Waals surface area contributed by atoms with Gasteiger partial charge in [-0.25, -0.2) is 0 Å². The first-order valence-electron chi connectivity index (χ1n) is 9.25. The molecule has 2 aromatic carbocycles. The van der Waals surface area contributed by atoms with Crippen LogP contribution in [0.4, 0.5) is 0 Å². The van der Waals surface area contributed by atoms with Crippen LogP contribution in [0.25, 0.3) is 22.4 Å². The van der Waals surface area contributed by atoms with E-state index in [4.69, 9.17) is 4.98 Å². The minimum absolute atomic E-state index is 0.297. The number of benzene rings is 2. The van der Waals surface area contributed by atoms with Gasteiger partial charge in [-0.15, -0.1) is 0 Å². The zero-order valence-electron chi connectivity index (χ0n) is 15.3. The smallest absolute Gasteiger partial charge is 0.0705 e. The summed E-state index contributed by atoms with van der Waals surface area (Å²) in [4.78, 5) is 4.74. The standard InChI is InChI=1S/C24H25N/c1-4-20-15-24(20,3)22-12-11-19(18-8-6-5-7-9-18)14-21(22)23-13-10-17(2)16-25-23/h5-14,16,20H,4,15H2,1-3H3. The number of aromatic nitrogens is 1. The fourth-order valence-corrected chi connectivity index (χ4v) is 4.07. The fourth-order valence-electron chi connectivity index (χ4n) is 4.07. The van der Waals surface area contributed by atoms with Crippen molar-refractivity contribution in [1.29, 1.82) is 0 Å². The van der Waals surface area contributed by atoms with Gasteiger partial charge in [-0.2, -0.15) is 0 Å². The Morgan fingerprint density at radius 1 is 1.00 bits per heavy atom. The van der Waals surface area contributed by atoms with Crippen LogP contribution in [-0.2, 0) is 5.41 Å². The Hall–Kier alpha value is -2.41. The maximum absolute atomic E-state index is 4.74. The zero-order chi connectivity index (χ0) is 17.4. The van der Waals surface area contributed by atoms with Gasteiger partial charge in [-0.1, -0.05) is 68.8 Å². The van der Waals surface area contributed by atoms with Gasteiger partial charge in [0.05, 0.1) is 5.69 Å². The lowest BCUT2D eigenvalue weighted by molar-refractivity contribution is 0.643. The molecule has 0 spiro atoms. The van der Waals surface area contributed by atoms with Crippen molar-refractivity contribution in [2.24, 2.45) is 5.92 Å². The predicted molar refractivity (Wildman–Crippen MR) is 106 cm³/mol. The van der Waals surface area contributed by atoms with Gasteiger partial charge in [0.25, 0.3) is 0 Å². The number of hydrogen-bond acceptors (Lipinski definition) is 1. The quantitative estimate of drug-likeness (QED) is 0.539. The largest absolute Gasteiger partial charge is 0.256 e. The van der Waals surface area contributed by atoms with Gasteiger partial charge in [-0.3, -0.25) is 4.98 Å². The summed E-state index contributed by atoms with van der Waals surface area (Å²) in [5.41, 5.74) is 7.85. The lowest BCUT2D eigenvalue weighted by Crippen LogP contribution is -2.07. The minimum Gasteiger partial charge on any atom is -0.256 e. The molecule has 2 atom stereocenters. The molecule has 1 nitrogen and oxygen atoms in total. The average Bonchev–Trinajstić information content (AvgIpc) is 3.34. The van der Waals surface area contributed by atoms with Crippen LogP contribution in [0.2, 0.25) is 0 Å². The molecular formula is C24H25N. The van der Waals surface area contributed by atoms with Crippen molar-refractivity contribution in [3.8, 4) is 22.4 Å². The van der Waals surface area contributed by atoms with Crippen LogP contribution >= 0.6 is 0 Å². The molecule has 3 aromatic rings. The molecule has 1 aromatic heterocycles. The van der Waals surface area contributed by atoms with Crippen molar-refractivity contribution < 1.29 is 0 Å². The molecule has 1 heteroatoms. The molecule has 1 aliphatic carbocycles. The molecule has 0 aliphatic heterocycles. The molecule has 0 N–H and O–H groups in total. The molecule has 0 saturated heterocycles. The first-order chi connectivity index (χ1) is 12.1. The summed E-state index contributed by atoms with van der Waals surface area (Å²) in [6.07, 6.45) is 4.51. The van der Waals surface area contributed by atoms with Crippen molar-refractivity contribution in [2.75, 3.05) is 0 Å². The second-order valence-corrected chi connectivity index (χ2v) is 7.57. The van der Waals surface area contributed by atoms with Crippen LogP contribution in [0.3, 0.4) is 0 Å². The number of hydrogen-bond donors (Lipinski definition) is 0. The van der Waals surface area contributed by atoms with E-state index in [9.17, 15) is 0 Å². The Bertz CT molecular complexity index is 880. The summed E-state index contributed by atoms with van der Waals surface area (Å²) in [6, 6.07) is 21.9. The van der Waals surface area contributed by atoms with Crippen molar-refractivity contribution in [2.45, 2.75) is 39.0 Å². The van der Waals surface area contributed by atoms with Crippen LogP contribution in [0.15, 0.2) is 66.9 Å². The molecule has 4 rings (SSSR count). The normalized spacial score (nSPS) is 22.0. The second-order valence-electron chi connectivity index (χ2n) is 7.57. The van der Waals surface area contributed by atoms with Gasteiger partial charge in [0.1, 0.15) is 0 Å². The maximum atomic E-state index is 4.74. The summed E-state index contributed by atoms with van der Waals surface area (Å²) in [7, 11) is 0. The maximum Gasteiger partial charge on any atom is 0.0705 e. The van der Waals surface area contributed by atoms with Crippen molar-refractivity contribution in [1.82, 2.24) is 4.98 Å². The number of aryl methyl sites for hydroxylation is 1. The molecule has 2 unspecified atom stereocenters. The van der Waals surface area contributed by atoms with Crippen LogP contribution in [0, 0.1) is 12.8 Å². The lowest BCUT2D eigenvalue weighted by Gasteiger charge is -2.18. The summed E-state index contributed by atoms with van der Waals surface area (Å²) in [6.45, 7) is 6.81. The number of nitrogens with zero attached hydrogens (tertiary/aromatic N) is 1. The highest BCUT2D eigenvalue weighted by Gasteiger charge is 2.50. The Kier molecular flexibility index (Phi) is 3.95. The highest BCUT2D eigenvalue weighted by Crippen LogP contribution is 2.57.